The zero-order valence-electron chi connectivity index (χ0n) is 14.9. The summed E-state index contributed by atoms with van der Waals surface area (Å²) in [5, 5.41) is 10.9. The zero-order valence-corrected chi connectivity index (χ0v) is 15.8. The van der Waals surface area contributed by atoms with Crippen molar-refractivity contribution in [1.29, 1.82) is 0 Å². The van der Waals surface area contributed by atoms with Crippen molar-refractivity contribution in [1.82, 2.24) is 4.31 Å². The molecule has 4 atom stereocenters. The van der Waals surface area contributed by atoms with Crippen LogP contribution in [0.4, 0.5) is 0 Å². The lowest BCUT2D eigenvalue weighted by atomic mass is 10.0. The molecular weight excluding hydrogens is 358 g/mol. The van der Waals surface area contributed by atoms with Gasteiger partial charge in [-0.2, -0.15) is 4.31 Å². The predicted octanol–water partition coefficient (Wildman–Crippen LogP) is 3.84. The van der Waals surface area contributed by atoms with Crippen molar-refractivity contribution in [2.45, 2.75) is 30.0 Å². The normalized spacial score (nSPS) is 23.0. The van der Waals surface area contributed by atoms with Crippen LogP contribution >= 0.6 is 0 Å². The summed E-state index contributed by atoms with van der Waals surface area (Å²) in [5.41, 5.74) is 2.60. The van der Waals surface area contributed by atoms with Gasteiger partial charge >= 0.3 is 0 Å². The lowest BCUT2D eigenvalue weighted by Crippen LogP contribution is -2.18. The van der Waals surface area contributed by atoms with Crippen LogP contribution in [0.1, 0.15) is 28.8 Å². The molecule has 27 heavy (non-hydrogen) atoms. The highest BCUT2D eigenvalue weighted by Gasteiger charge is 2.59. The largest absolute Gasteiger partial charge is 0.387 e. The molecule has 0 aliphatic carbocycles. The van der Waals surface area contributed by atoms with Crippen LogP contribution in [0.2, 0.25) is 0 Å². The Kier molecular flexibility index (Phi) is 4.60. The van der Waals surface area contributed by atoms with E-state index in [1.165, 1.54) is 4.31 Å². The molecule has 1 saturated heterocycles. The smallest absolute Gasteiger partial charge is 0.244 e. The Bertz CT molecular complexity index is 1020. The Hall–Kier alpha value is -2.47. The van der Waals surface area contributed by atoms with Gasteiger partial charge in [-0.15, -0.1) is 0 Å². The monoisotopic (exact) mass is 379 g/mol. The standard InChI is InChI=1S/C22H21NO3S/c1-16-12-14-19(15-13-16)27(25,26)23-20(17-8-4-2-5-9-17)21(23)22(24)18-10-6-3-7-11-18/h2-15,20-22,24H,1H3/t20-,21-,22-,23?/m1/s1. The molecule has 0 radical (unpaired) electrons. The van der Waals surface area contributed by atoms with E-state index in [1.54, 1.807) is 24.3 Å². The van der Waals surface area contributed by atoms with E-state index in [2.05, 4.69) is 0 Å². The number of aliphatic hydroxyl groups excluding tert-OH is 1. The van der Waals surface area contributed by atoms with Crippen molar-refractivity contribution in [2.75, 3.05) is 0 Å². The van der Waals surface area contributed by atoms with Gasteiger partial charge in [0.15, 0.2) is 0 Å². The van der Waals surface area contributed by atoms with Crippen molar-refractivity contribution in [2.24, 2.45) is 0 Å². The van der Waals surface area contributed by atoms with Gasteiger partial charge in [-0.05, 0) is 30.2 Å². The topological polar surface area (TPSA) is 57.4 Å². The Morgan fingerprint density at radius 2 is 1.41 bits per heavy atom. The van der Waals surface area contributed by atoms with Gasteiger partial charge < -0.3 is 5.11 Å². The number of nitrogens with zero attached hydrogens (tertiary/aromatic N) is 1. The predicted molar refractivity (Wildman–Crippen MR) is 105 cm³/mol. The van der Waals surface area contributed by atoms with E-state index in [0.717, 1.165) is 11.1 Å². The van der Waals surface area contributed by atoms with Gasteiger partial charge in [0.2, 0.25) is 10.0 Å². The van der Waals surface area contributed by atoms with Crippen LogP contribution in [-0.2, 0) is 10.0 Å². The molecule has 1 heterocycles. The number of sulfonamides is 1. The molecule has 138 valence electrons. The first-order chi connectivity index (χ1) is 13.0. The first-order valence-corrected chi connectivity index (χ1v) is 10.3. The molecule has 0 saturated carbocycles. The maximum absolute atomic E-state index is 13.3. The molecule has 3 aromatic rings. The van der Waals surface area contributed by atoms with E-state index in [-0.39, 0.29) is 10.9 Å². The number of aryl methyl sites for hydroxylation is 1. The van der Waals surface area contributed by atoms with Crippen molar-refractivity contribution in [3.8, 4) is 0 Å². The molecule has 1 aliphatic rings. The van der Waals surface area contributed by atoms with E-state index >= 15 is 0 Å². The average molecular weight is 379 g/mol. The van der Waals surface area contributed by atoms with Crippen LogP contribution in [0, 0.1) is 6.92 Å². The second kappa shape index (κ2) is 6.93. The van der Waals surface area contributed by atoms with E-state index in [1.807, 2.05) is 67.6 Å². The lowest BCUT2D eigenvalue weighted by Gasteiger charge is -2.11. The molecule has 3 aromatic carbocycles. The highest BCUT2D eigenvalue weighted by Crippen LogP contribution is 2.52. The fraction of sp³-hybridized carbons (Fsp3) is 0.182. The molecule has 4 nitrogen and oxygen atoms in total. The van der Waals surface area contributed by atoms with Gasteiger partial charge in [-0.25, -0.2) is 8.42 Å². The maximum Gasteiger partial charge on any atom is 0.244 e. The third-order valence-corrected chi connectivity index (χ3v) is 6.90. The molecule has 0 spiro atoms. The summed E-state index contributed by atoms with van der Waals surface area (Å²) in [5.74, 6) is 0. The summed E-state index contributed by atoms with van der Waals surface area (Å²) >= 11 is 0. The van der Waals surface area contributed by atoms with Crippen LogP contribution in [0.5, 0.6) is 0 Å². The van der Waals surface area contributed by atoms with Crippen LogP contribution < -0.4 is 0 Å². The van der Waals surface area contributed by atoms with E-state index in [4.69, 9.17) is 0 Å². The first kappa shape index (κ1) is 17.9. The van der Waals surface area contributed by atoms with Crippen molar-refractivity contribution in [3.63, 3.8) is 0 Å². The number of rotatable bonds is 5. The molecular formula is C22H21NO3S. The summed E-state index contributed by atoms with van der Waals surface area (Å²) in [7, 11) is -3.71. The minimum atomic E-state index is -3.71. The maximum atomic E-state index is 13.3. The number of aliphatic hydroxyl groups is 1. The molecule has 0 bridgehead atoms. The number of hydrogen-bond donors (Lipinski definition) is 1. The second-order valence-electron chi connectivity index (χ2n) is 6.85. The summed E-state index contributed by atoms with van der Waals surface area (Å²) in [6.07, 6.45) is -0.892. The van der Waals surface area contributed by atoms with Crippen molar-refractivity contribution < 1.29 is 13.5 Å². The molecule has 1 N–H and O–H groups in total. The Morgan fingerprint density at radius 1 is 0.852 bits per heavy atom. The van der Waals surface area contributed by atoms with E-state index in [9.17, 15) is 13.5 Å². The third kappa shape index (κ3) is 3.30. The van der Waals surface area contributed by atoms with Gasteiger partial charge in [0, 0.05) is 0 Å². The zero-order chi connectivity index (χ0) is 19.0. The fourth-order valence-electron chi connectivity index (χ4n) is 3.52. The highest BCUT2D eigenvalue weighted by molar-refractivity contribution is 7.89. The highest BCUT2D eigenvalue weighted by atomic mass is 32.2. The minimum absolute atomic E-state index is 0.247. The first-order valence-electron chi connectivity index (χ1n) is 8.88. The molecule has 4 rings (SSSR count). The van der Waals surface area contributed by atoms with Gasteiger partial charge in [0.25, 0.3) is 0 Å². The van der Waals surface area contributed by atoms with Gasteiger partial charge in [0.05, 0.1) is 23.1 Å². The molecule has 0 amide bonds. The molecule has 1 fully saturated rings. The summed E-state index contributed by atoms with van der Waals surface area (Å²) in [4.78, 5) is 0.247. The summed E-state index contributed by atoms with van der Waals surface area (Å²) in [6, 6.07) is 24.6. The Labute approximate surface area is 159 Å². The minimum Gasteiger partial charge on any atom is -0.387 e. The van der Waals surface area contributed by atoms with Crippen LogP contribution in [0.25, 0.3) is 0 Å². The van der Waals surface area contributed by atoms with E-state index < -0.39 is 22.2 Å². The van der Waals surface area contributed by atoms with Crippen molar-refractivity contribution >= 4 is 10.0 Å². The fourth-order valence-corrected chi connectivity index (χ4v) is 5.29. The number of benzene rings is 3. The van der Waals surface area contributed by atoms with Crippen LogP contribution in [0.15, 0.2) is 89.8 Å². The van der Waals surface area contributed by atoms with E-state index in [0.29, 0.717) is 5.56 Å². The number of hydrogen-bond acceptors (Lipinski definition) is 3. The molecule has 1 unspecified atom stereocenters. The summed E-state index contributed by atoms with van der Waals surface area (Å²) < 4.78 is 27.9. The quantitative estimate of drug-likeness (QED) is 0.685. The Morgan fingerprint density at radius 3 is 2.00 bits per heavy atom. The SMILES string of the molecule is Cc1ccc(S(=O)(=O)N2[C@@H]([C@H](O)c3ccccc3)[C@H]2c2ccccc2)cc1. The third-order valence-electron chi connectivity index (χ3n) is 5.00. The van der Waals surface area contributed by atoms with Crippen LogP contribution in [-0.4, -0.2) is 23.9 Å². The molecule has 5 heteroatoms. The van der Waals surface area contributed by atoms with Crippen LogP contribution in [0.3, 0.4) is 0 Å². The molecule has 1 aliphatic heterocycles. The Balaban J connectivity index is 1.73. The average Bonchev–Trinajstić information content (AvgIpc) is 3.46. The lowest BCUT2D eigenvalue weighted by molar-refractivity contribution is 0.166. The van der Waals surface area contributed by atoms with Gasteiger partial charge in [-0.1, -0.05) is 78.4 Å². The van der Waals surface area contributed by atoms with Crippen molar-refractivity contribution in [3.05, 3.63) is 102 Å². The second-order valence-corrected chi connectivity index (χ2v) is 8.69. The van der Waals surface area contributed by atoms with Gasteiger partial charge in [0.1, 0.15) is 0 Å². The molecule has 0 aromatic heterocycles. The van der Waals surface area contributed by atoms with Gasteiger partial charge in [-0.3, -0.25) is 0 Å². The summed E-state index contributed by atoms with van der Waals surface area (Å²) in [6.45, 7) is 1.92.